The van der Waals surface area contributed by atoms with Gasteiger partial charge in [-0.1, -0.05) is 41.3 Å². The standard InChI is InChI=1S/C13H15N3OS2/c1-8-5-4-6-9(2)11(8)15-12(17)10(3)19-13-16-14-7-18-13/h4-7,10H,1-3H3,(H,15,17). The van der Waals surface area contributed by atoms with Crippen molar-refractivity contribution in [1.82, 2.24) is 10.2 Å². The number of rotatable bonds is 4. The summed E-state index contributed by atoms with van der Waals surface area (Å²) >= 11 is 2.86. The molecule has 0 aliphatic carbocycles. The van der Waals surface area contributed by atoms with E-state index < -0.39 is 0 Å². The molecule has 0 radical (unpaired) electrons. The molecule has 0 saturated heterocycles. The average Bonchev–Trinajstić information content (AvgIpc) is 2.86. The smallest absolute Gasteiger partial charge is 0.237 e. The summed E-state index contributed by atoms with van der Waals surface area (Å²) < 4.78 is 0.809. The van der Waals surface area contributed by atoms with E-state index in [0.717, 1.165) is 21.2 Å². The van der Waals surface area contributed by atoms with Crippen molar-refractivity contribution >= 4 is 34.7 Å². The third-order valence-electron chi connectivity index (χ3n) is 2.72. The summed E-state index contributed by atoms with van der Waals surface area (Å²) in [5, 5.41) is 10.5. The van der Waals surface area contributed by atoms with Gasteiger partial charge in [-0.15, -0.1) is 10.2 Å². The first-order valence-electron chi connectivity index (χ1n) is 5.88. The van der Waals surface area contributed by atoms with Crippen LogP contribution < -0.4 is 5.32 Å². The molecule has 0 saturated carbocycles. The van der Waals surface area contributed by atoms with Gasteiger partial charge < -0.3 is 5.32 Å². The van der Waals surface area contributed by atoms with Crippen molar-refractivity contribution in [3.8, 4) is 0 Å². The number of nitrogens with zero attached hydrogens (tertiary/aromatic N) is 2. The molecule has 1 unspecified atom stereocenters. The highest BCUT2D eigenvalue weighted by molar-refractivity contribution is 8.02. The molecule has 1 atom stereocenters. The monoisotopic (exact) mass is 293 g/mol. The van der Waals surface area contributed by atoms with Crippen molar-refractivity contribution in [3.63, 3.8) is 0 Å². The molecule has 0 aliphatic rings. The molecular formula is C13H15N3OS2. The molecule has 0 fully saturated rings. The lowest BCUT2D eigenvalue weighted by atomic mass is 10.1. The number of anilines is 1. The Hall–Kier alpha value is -1.40. The number of aryl methyl sites for hydroxylation is 2. The zero-order valence-corrected chi connectivity index (χ0v) is 12.6. The maximum atomic E-state index is 12.2. The number of nitrogens with one attached hydrogen (secondary N) is 1. The van der Waals surface area contributed by atoms with E-state index in [2.05, 4.69) is 15.5 Å². The molecule has 6 heteroatoms. The van der Waals surface area contributed by atoms with Crippen LogP contribution in [0.2, 0.25) is 0 Å². The molecule has 1 N–H and O–H groups in total. The van der Waals surface area contributed by atoms with Crippen molar-refractivity contribution in [2.24, 2.45) is 0 Å². The van der Waals surface area contributed by atoms with Crippen LogP contribution in [0.5, 0.6) is 0 Å². The third-order valence-corrected chi connectivity index (χ3v) is 4.63. The van der Waals surface area contributed by atoms with Crippen LogP contribution in [0, 0.1) is 13.8 Å². The van der Waals surface area contributed by atoms with Gasteiger partial charge in [-0.2, -0.15) is 0 Å². The molecule has 0 aliphatic heterocycles. The summed E-state index contributed by atoms with van der Waals surface area (Å²) in [6, 6.07) is 5.97. The SMILES string of the molecule is Cc1cccc(C)c1NC(=O)C(C)Sc1nncs1. The van der Waals surface area contributed by atoms with E-state index in [-0.39, 0.29) is 11.2 Å². The van der Waals surface area contributed by atoms with Gasteiger partial charge in [0, 0.05) is 5.69 Å². The maximum absolute atomic E-state index is 12.2. The molecule has 1 aromatic carbocycles. The fourth-order valence-electron chi connectivity index (χ4n) is 1.66. The molecule has 2 rings (SSSR count). The first kappa shape index (κ1) is 14.0. The predicted molar refractivity (Wildman–Crippen MR) is 79.8 cm³/mol. The molecule has 2 aromatic rings. The Labute approximate surface area is 120 Å². The van der Waals surface area contributed by atoms with Gasteiger partial charge in [-0.05, 0) is 31.9 Å². The number of hydrogen-bond acceptors (Lipinski definition) is 5. The van der Waals surface area contributed by atoms with E-state index in [1.165, 1.54) is 23.1 Å². The predicted octanol–water partition coefficient (Wildman–Crippen LogP) is 3.27. The quantitative estimate of drug-likeness (QED) is 0.879. The minimum absolute atomic E-state index is 0.0161. The van der Waals surface area contributed by atoms with Crippen LogP contribution in [0.25, 0.3) is 0 Å². The summed E-state index contributed by atoms with van der Waals surface area (Å²) in [5.41, 5.74) is 4.71. The van der Waals surface area contributed by atoms with Gasteiger partial charge >= 0.3 is 0 Å². The molecule has 0 bridgehead atoms. The second kappa shape index (κ2) is 6.16. The lowest BCUT2D eigenvalue weighted by Crippen LogP contribution is -2.23. The van der Waals surface area contributed by atoms with E-state index in [9.17, 15) is 4.79 Å². The average molecular weight is 293 g/mol. The van der Waals surface area contributed by atoms with Crippen molar-refractivity contribution < 1.29 is 4.79 Å². The Morgan fingerprint density at radius 2 is 2.05 bits per heavy atom. The van der Waals surface area contributed by atoms with E-state index in [4.69, 9.17) is 0 Å². The third kappa shape index (κ3) is 3.54. The first-order chi connectivity index (χ1) is 9.08. The number of amides is 1. The van der Waals surface area contributed by atoms with Gasteiger partial charge in [-0.25, -0.2) is 0 Å². The van der Waals surface area contributed by atoms with E-state index >= 15 is 0 Å². The van der Waals surface area contributed by atoms with Crippen LogP contribution in [0.3, 0.4) is 0 Å². The molecule has 19 heavy (non-hydrogen) atoms. The lowest BCUT2D eigenvalue weighted by Gasteiger charge is -2.14. The van der Waals surface area contributed by atoms with Gasteiger partial charge in [0.15, 0.2) is 4.34 Å². The highest BCUT2D eigenvalue weighted by Crippen LogP contribution is 2.26. The number of para-hydroxylation sites is 1. The highest BCUT2D eigenvalue weighted by Gasteiger charge is 2.17. The van der Waals surface area contributed by atoms with Crippen LogP contribution in [0.15, 0.2) is 28.0 Å². The Kier molecular flexibility index (Phi) is 4.55. The topological polar surface area (TPSA) is 54.9 Å². The Balaban J connectivity index is 2.04. The van der Waals surface area contributed by atoms with E-state index in [1.54, 1.807) is 5.51 Å². The summed E-state index contributed by atoms with van der Waals surface area (Å²) in [6.45, 7) is 5.85. The van der Waals surface area contributed by atoms with Crippen LogP contribution in [0.4, 0.5) is 5.69 Å². The summed E-state index contributed by atoms with van der Waals surface area (Å²) in [6.07, 6.45) is 0. The van der Waals surface area contributed by atoms with Crippen LogP contribution in [-0.4, -0.2) is 21.4 Å². The number of carbonyl (C=O) groups excluding carboxylic acids is 1. The van der Waals surface area contributed by atoms with Gasteiger partial charge in [0.05, 0.1) is 5.25 Å². The fourth-order valence-corrected chi connectivity index (χ4v) is 3.28. The van der Waals surface area contributed by atoms with Gasteiger partial charge in [0.1, 0.15) is 5.51 Å². The van der Waals surface area contributed by atoms with Crippen molar-refractivity contribution in [3.05, 3.63) is 34.8 Å². The maximum Gasteiger partial charge on any atom is 0.237 e. The Morgan fingerprint density at radius 1 is 1.37 bits per heavy atom. The molecule has 0 spiro atoms. The summed E-state index contributed by atoms with van der Waals surface area (Å²) in [4.78, 5) is 12.2. The number of hydrogen-bond donors (Lipinski definition) is 1. The minimum atomic E-state index is -0.202. The largest absolute Gasteiger partial charge is 0.325 e. The van der Waals surface area contributed by atoms with Gasteiger partial charge in [0.2, 0.25) is 5.91 Å². The number of benzene rings is 1. The summed E-state index contributed by atoms with van der Waals surface area (Å²) in [5.74, 6) is -0.0161. The number of aromatic nitrogens is 2. The normalized spacial score (nSPS) is 12.2. The van der Waals surface area contributed by atoms with Crippen molar-refractivity contribution in [2.45, 2.75) is 30.4 Å². The van der Waals surface area contributed by atoms with Gasteiger partial charge in [-0.3, -0.25) is 4.79 Å². The van der Waals surface area contributed by atoms with Crippen molar-refractivity contribution in [2.75, 3.05) is 5.32 Å². The second-order valence-electron chi connectivity index (χ2n) is 4.22. The molecule has 100 valence electrons. The zero-order valence-electron chi connectivity index (χ0n) is 11.0. The highest BCUT2D eigenvalue weighted by atomic mass is 32.2. The molecule has 1 aromatic heterocycles. The summed E-state index contributed by atoms with van der Waals surface area (Å²) in [7, 11) is 0. The molecular weight excluding hydrogens is 278 g/mol. The van der Waals surface area contributed by atoms with Crippen LogP contribution in [-0.2, 0) is 4.79 Å². The van der Waals surface area contributed by atoms with Crippen molar-refractivity contribution in [1.29, 1.82) is 0 Å². The van der Waals surface area contributed by atoms with E-state index in [1.807, 2.05) is 39.0 Å². The van der Waals surface area contributed by atoms with Crippen LogP contribution >= 0.6 is 23.1 Å². The number of thioether (sulfide) groups is 1. The molecule has 1 heterocycles. The second-order valence-corrected chi connectivity index (χ2v) is 6.64. The first-order valence-corrected chi connectivity index (χ1v) is 7.63. The number of carbonyl (C=O) groups is 1. The Bertz CT molecular complexity index is 549. The lowest BCUT2D eigenvalue weighted by molar-refractivity contribution is -0.115. The fraction of sp³-hybridized carbons (Fsp3) is 0.308. The van der Waals surface area contributed by atoms with Crippen LogP contribution in [0.1, 0.15) is 18.1 Å². The minimum Gasteiger partial charge on any atom is -0.325 e. The molecule has 4 nitrogen and oxygen atoms in total. The zero-order chi connectivity index (χ0) is 13.8. The van der Waals surface area contributed by atoms with Gasteiger partial charge in [0.25, 0.3) is 0 Å². The molecule has 1 amide bonds. The van der Waals surface area contributed by atoms with E-state index in [0.29, 0.717) is 0 Å². The Morgan fingerprint density at radius 3 is 2.63 bits per heavy atom.